The average Bonchev–Trinajstić information content (AvgIpc) is 3.09. The van der Waals surface area contributed by atoms with Crippen LogP contribution < -0.4 is 11.5 Å². The molecule has 1 saturated heterocycles. The molecule has 32 heavy (non-hydrogen) atoms. The van der Waals surface area contributed by atoms with E-state index in [1.807, 2.05) is 41.0 Å². The summed E-state index contributed by atoms with van der Waals surface area (Å²) in [5.41, 5.74) is 15.4. The molecule has 2 heterocycles. The molecule has 0 atom stereocenters. The van der Waals surface area contributed by atoms with Crippen LogP contribution in [0.1, 0.15) is 35.3 Å². The lowest BCUT2D eigenvalue weighted by Crippen LogP contribution is -2.62. The van der Waals surface area contributed by atoms with Gasteiger partial charge < -0.3 is 26.3 Å². The van der Waals surface area contributed by atoms with Crippen molar-refractivity contribution >= 4 is 28.4 Å². The van der Waals surface area contributed by atoms with E-state index in [1.165, 1.54) is 0 Å². The van der Waals surface area contributed by atoms with Crippen LogP contribution in [-0.4, -0.2) is 58.3 Å². The summed E-state index contributed by atoms with van der Waals surface area (Å²) in [7, 11) is 0. The molecule has 2 aromatic carbocycles. The second kappa shape index (κ2) is 7.67. The molecule has 0 radical (unpaired) electrons. The Balaban J connectivity index is 1.26. The molecule has 0 spiro atoms. The van der Waals surface area contributed by atoms with E-state index >= 15 is 0 Å². The third-order valence-electron chi connectivity index (χ3n) is 7.03. The number of amides is 2. The van der Waals surface area contributed by atoms with Crippen molar-refractivity contribution in [2.75, 3.05) is 31.9 Å². The maximum Gasteiger partial charge on any atom is 0.253 e. The first-order valence-electron chi connectivity index (χ1n) is 11.2. The van der Waals surface area contributed by atoms with Gasteiger partial charge in [-0.05, 0) is 55.5 Å². The Kier molecular flexibility index (Phi) is 4.93. The molecule has 7 heteroatoms. The van der Waals surface area contributed by atoms with Crippen molar-refractivity contribution in [3.63, 3.8) is 0 Å². The lowest BCUT2D eigenvalue weighted by Gasteiger charge is -2.43. The van der Waals surface area contributed by atoms with Gasteiger partial charge in [-0.3, -0.25) is 9.59 Å². The van der Waals surface area contributed by atoms with E-state index in [0.717, 1.165) is 46.9 Å². The summed E-state index contributed by atoms with van der Waals surface area (Å²) in [5.74, 6) is 0.702. The molecule has 1 aliphatic carbocycles. The Labute approximate surface area is 187 Å². The van der Waals surface area contributed by atoms with Crippen molar-refractivity contribution in [1.29, 1.82) is 0 Å². The zero-order chi connectivity index (χ0) is 22.5. The minimum atomic E-state index is -0.672. The number of rotatable bonds is 3. The average molecular weight is 432 g/mol. The second-order valence-corrected chi connectivity index (χ2v) is 9.10. The van der Waals surface area contributed by atoms with Gasteiger partial charge in [-0.15, -0.1) is 0 Å². The molecular weight excluding hydrogens is 402 g/mol. The minimum Gasteiger partial charge on any atom is -0.385 e. The van der Waals surface area contributed by atoms with Gasteiger partial charge in [0.15, 0.2) is 0 Å². The van der Waals surface area contributed by atoms with Crippen molar-refractivity contribution < 1.29 is 9.59 Å². The zero-order valence-corrected chi connectivity index (χ0v) is 18.4. The highest BCUT2D eigenvalue weighted by molar-refractivity contribution is 5.98. The third-order valence-corrected chi connectivity index (χ3v) is 7.03. The van der Waals surface area contributed by atoms with Gasteiger partial charge in [0.05, 0.1) is 5.54 Å². The molecule has 3 aromatic rings. The van der Waals surface area contributed by atoms with E-state index in [0.29, 0.717) is 37.6 Å². The highest BCUT2D eigenvalue weighted by Crippen LogP contribution is 2.32. The maximum atomic E-state index is 13.0. The Hall–Kier alpha value is -3.32. The van der Waals surface area contributed by atoms with Crippen molar-refractivity contribution in [2.45, 2.75) is 31.7 Å². The van der Waals surface area contributed by atoms with Crippen molar-refractivity contribution in [2.24, 2.45) is 5.73 Å². The Morgan fingerprint density at radius 1 is 0.906 bits per heavy atom. The number of aryl methyl sites for hydroxylation is 1. The second-order valence-electron chi connectivity index (χ2n) is 9.10. The van der Waals surface area contributed by atoms with Gasteiger partial charge in [-0.1, -0.05) is 24.3 Å². The topological polar surface area (TPSA) is 108 Å². The Morgan fingerprint density at radius 2 is 1.53 bits per heavy atom. The molecule has 0 bridgehead atoms. The molecule has 7 nitrogen and oxygen atoms in total. The number of aromatic amines is 1. The van der Waals surface area contributed by atoms with E-state index < -0.39 is 5.54 Å². The summed E-state index contributed by atoms with van der Waals surface area (Å²) in [5, 5.41) is 2.13. The summed E-state index contributed by atoms with van der Waals surface area (Å²) in [4.78, 5) is 32.4. The predicted molar refractivity (Wildman–Crippen MR) is 126 cm³/mol. The number of hydrogen-bond donors (Lipinski definition) is 3. The molecule has 5 N–H and O–H groups in total. The number of piperazine rings is 1. The molecule has 0 unspecified atom stereocenters. The fraction of sp³-hybridized carbons (Fsp3) is 0.360. The number of hydrogen-bond acceptors (Lipinski definition) is 4. The van der Waals surface area contributed by atoms with Crippen LogP contribution in [0.25, 0.3) is 21.9 Å². The van der Waals surface area contributed by atoms with Crippen LogP contribution in [0, 0.1) is 6.92 Å². The number of anilines is 1. The third kappa shape index (κ3) is 3.42. The lowest BCUT2D eigenvalue weighted by molar-refractivity contribution is -0.141. The highest BCUT2D eigenvalue weighted by Gasteiger charge is 2.43. The van der Waals surface area contributed by atoms with Crippen LogP contribution in [0.3, 0.4) is 0 Å². The molecule has 1 aliphatic heterocycles. The summed E-state index contributed by atoms with van der Waals surface area (Å²) >= 11 is 0. The molecule has 2 fully saturated rings. The fourth-order valence-electron chi connectivity index (χ4n) is 4.80. The number of benzene rings is 2. The number of carbonyl (C=O) groups is 2. The van der Waals surface area contributed by atoms with Crippen molar-refractivity contribution in [1.82, 2.24) is 14.8 Å². The normalized spacial score (nSPS) is 17.9. The first kappa shape index (κ1) is 20.6. The van der Waals surface area contributed by atoms with Crippen LogP contribution in [0.15, 0.2) is 42.5 Å². The minimum absolute atomic E-state index is 0.00397. The number of nitrogens with zero attached hydrogens (tertiary/aromatic N) is 2. The number of fused-ring (bicyclic) bond motifs is 1. The van der Waals surface area contributed by atoms with Crippen LogP contribution in [0.5, 0.6) is 0 Å². The van der Waals surface area contributed by atoms with Gasteiger partial charge >= 0.3 is 0 Å². The number of nitrogen functional groups attached to an aromatic ring is 1. The van der Waals surface area contributed by atoms with Gasteiger partial charge in [0.25, 0.3) is 5.91 Å². The van der Waals surface area contributed by atoms with Gasteiger partial charge in [0, 0.05) is 48.2 Å². The van der Waals surface area contributed by atoms with Crippen molar-refractivity contribution in [3.05, 3.63) is 53.7 Å². The van der Waals surface area contributed by atoms with Crippen LogP contribution in [0.4, 0.5) is 5.82 Å². The molecule has 166 valence electrons. The predicted octanol–water partition coefficient (Wildman–Crippen LogP) is 2.89. The highest BCUT2D eigenvalue weighted by atomic mass is 16.2. The number of nitrogens with one attached hydrogen (secondary N) is 1. The molecule has 2 amide bonds. The quantitative estimate of drug-likeness (QED) is 0.592. The number of H-pyrrole nitrogens is 1. The van der Waals surface area contributed by atoms with E-state index in [4.69, 9.17) is 11.5 Å². The molecule has 1 aromatic heterocycles. The van der Waals surface area contributed by atoms with Crippen LogP contribution >= 0.6 is 0 Å². The maximum absolute atomic E-state index is 13.0. The van der Waals surface area contributed by atoms with E-state index in [1.54, 1.807) is 0 Å². The van der Waals surface area contributed by atoms with E-state index in [9.17, 15) is 9.59 Å². The number of aromatic nitrogens is 1. The first-order chi connectivity index (χ1) is 15.4. The zero-order valence-electron chi connectivity index (χ0n) is 18.4. The van der Waals surface area contributed by atoms with Crippen molar-refractivity contribution in [3.8, 4) is 11.1 Å². The fourth-order valence-corrected chi connectivity index (χ4v) is 4.80. The van der Waals surface area contributed by atoms with E-state index in [2.05, 4.69) is 23.2 Å². The summed E-state index contributed by atoms with van der Waals surface area (Å²) < 4.78 is 0. The Bertz CT molecular complexity index is 1190. The van der Waals surface area contributed by atoms with Gasteiger partial charge in [0.1, 0.15) is 5.82 Å². The monoisotopic (exact) mass is 431 g/mol. The summed E-state index contributed by atoms with van der Waals surface area (Å²) in [6.45, 7) is 4.16. The van der Waals surface area contributed by atoms with Gasteiger partial charge in [0.2, 0.25) is 5.91 Å². The summed E-state index contributed by atoms with van der Waals surface area (Å²) in [6, 6.07) is 13.9. The number of carbonyl (C=O) groups excluding carboxylic acids is 2. The Morgan fingerprint density at radius 3 is 2.16 bits per heavy atom. The standard InChI is InChI=1S/C25H29N5O2/c1-16-20-8-7-19(15-21(20)22(26)28-16)17-3-5-18(6-4-17)23(31)29-11-13-30(14-12-29)24(32)25(27)9-2-10-25/h3-8,15,28H,2,9-14,26-27H2,1H3. The van der Waals surface area contributed by atoms with E-state index in [-0.39, 0.29) is 11.8 Å². The molecule has 2 aliphatic rings. The summed E-state index contributed by atoms with van der Waals surface area (Å²) in [6.07, 6.45) is 2.55. The molecular formula is C25H29N5O2. The van der Waals surface area contributed by atoms with Gasteiger partial charge in [-0.25, -0.2) is 0 Å². The largest absolute Gasteiger partial charge is 0.385 e. The van der Waals surface area contributed by atoms with Crippen LogP contribution in [-0.2, 0) is 4.79 Å². The first-order valence-corrected chi connectivity index (χ1v) is 11.2. The van der Waals surface area contributed by atoms with Gasteiger partial charge in [-0.2, -0.15) is 0 Å². The smallest absolute Gasteiger partial charge is 0.253 e. The number of nitrogens with two attached hydrogens (primary N) is 2. The molecule has 5 rings (SSSR count). The molecule has 1 saturated carbocycles. The SMILES string of the molecule is Cc1[nH]c(N)c2cc(-c3ccc(C(=O)N4CCN(C(=O)C5(N)CCC5)CC4)cc3)ccc12. The lowest BCUT2D eigenvalue weighted by atomic mass is 9.76. The van der Waals surface area contributed by atoms with Crippen LogP contribution in [0.2, 0.25) is 0 Å².